The number of carbonyl (C=O) groups excluding carboxylic acids is 4. The van der Waals surface area contributed by atoms with Crippen molar-refractivity contribution in [3.8, 4) is 0 Å². The number of imide groups is 2. The van der Waals surface area contributed by atoms with E-state index in [4.69, 9.17) is 4.98 Å². The number of amides is 4. The molecule has 1 aromatic heterocycles. The molecular formula is C22H23N5O4S. The van der Waals surface area contributed by atoms with Gasteiger partial charge in [0.2, 0.25) is 11.8 Å². The van der Waals surface area contributed by atoms with Crippen molar-refractivity contribution in [1.29, 1.82) is 0 Å². The van der Waals surface area contributed by atoms with Crippen molar-refractivity contribution in [2.24, 2.45) is 0 Å². The summed E-state index contributed by atoms with van der Waals surface area (Å²) in [6.45, 7) is 2.34. The van der Waals surface area contributed by atoms with Gasteiger partial charge < -0.3 is 10.6 Å². The molecule has 3 aliphatic rings. The van der Waals surface area contributed by atoms with E-state index in [1.807, 2.05) is 0 Å². The maximum absolute atomic E-state index is 13.2. The first-order valence-corrected chi connectivity index (χ1v) is 11.6. The lowest BCUT2D eigenvalue weighted by atomic mass is 9.96. The molecule has 1 unspecified atom stereocenters. The van der Waals surface area contributed by atoms with E-state index in [1.54, 1.807) is 18.2 Å². The molecule has 1 aromatic carbocycles. The highest BCUT2D eigenvalue weighted by Gasteiger charge is 2.45. The third-order valence-electron chi connectivity index (χ3n) is 6.26. The number of aromatic nitrogens is 1. The van der Waals surface area contributed by atoms with Gasteiger partial charge in [-0.1, -0.05) is 12.1 Å². The van der Waals surface area contributed by atoms with Gasteiger partial charge in [-0.25, -0.2) is 4.98 Å². The number of rotatable bonds is 5. The van der Waals surface area contributed by atoms with Crippen LogP contribution in [0.25, 0.3) is 0 Å². The number of thiazole rings is 1. The van der Waals surface area contributed by atoms with Gasteiger partial charge in [0.05, 0.1) is 16.8 Å². The summed E-state index contributed by atoms with van der Waals surface area (Å²) in [4.78, 5) is 55.5. The molecule has 4 amide bonds. The van der Waals surface area contributed by atoms with Crippen LogP contribution in [0.4, 0.5) is 5.13 Å². The van der Waals surface area contributed by atoms with Gasteiger partial charge in [0.1, 0.15) is 6.04 Å². The van der Waals surface area contributed by atoms with Crippen molar-refractivity contribution >= 4 is 40.1 Å². The summed E-state index contributed by atoms with van der Waals surface area (Å²) in [5, 5.41) is 11.7. The Labute approximate surface area is 188 Å². The molecule has 0 aliphatic carbocycles. The van der Waals surface area contributed by atoms with Crippen LogP contribution in [0.5, 0.6) is 0 Å². The van der Waals surface area contributed by atoms with Crippen molar-refractivity contribution in [2.45, 2.75) is 44.2 Å². The van der Waals surface area contributed by atoms with Gasteiger partial charge in [-0.3, -0.25) is 29.4 Å². The van der Waals surface area contributed by atoms with Crippen LogP contribution in [0.3, 0.4) is 0 Å². The maximum Gasteiger partial charge on any atom is 0.262 e. The van der Waals surface area contributed by atoms with E-state index in [9.17, 15) is 19.2 Å². The molecule has 1 atom stereocenters. The van der Waals surface area contributed by atoms with E-state index in [0.29, 0.717) is 23.6 Å². The second-order valence-electron chi connectivity index (χ2n) is 8.24. The van der Waals surface area contributed by atoms with E-state index in [-0.39, 0.29) is 24.3 Å². The Balaban J connectivity index is 1.33. The first-order valence-electron chi connectivity index (χ1n) is 10.8. The summed E-state index contributed by atoms with van der Waals surface area (Å²) in [7, 11) is 0. The quantitative estimate of drug-likeness (QED) is 0.589. The molecule has 10 heteroatoms. The van der Waals surface area contributed by atoms with Crippen molar-refractivity contribution < 1.29 is 19.2 Å². The summed E-state index contributed by atoms with van der Waals surface area (Å²) in [5.41, 5.74) is 2.36. The topological polar surface area (TPSA) is 120 Å². The number of nitrogens with zero attached hydrogens (tertiary/aromatic N) is 2. The summed E-state index contributed by atoms with van der Waals surface area (Å²) >= 11 is 1.53. The molecule has 0 saturated carbocycles. The van der Waals surface area contributed by atoms with Crippen molar-refractivity contribution in [2.75, 3.05) is 18.4 Å². The van der Waals surface area contributed by atoms with Gasteiger partial charge in [0.15, 0.2) is 5.13 Å². The molecule has 2 fully saturated rings. The number of hydrogen-bond acceptors (Lipinski definition) is 8. The van der Waals surface area contributed by atoms with Crippen LogP contribution in [0.15, 0.2) is 23.6 Å². The normalized spacial score (nSPS) is 21.6. The highest BCUT2D eigenvalue weighted by atomic mass is 32.1. The zero-order chi connectivity index (χ0) is 22.2. The van der Waals surface area contributed by atoms with Crippen LogP contribution < -0.4 is 16.0 Å². The van der Waals surface area contributed by atoms with Crippen LogP contribution in [-0.2, 0) is 16.1 Å². The van der Waals surface area contributed by atoms with Gasteiger partial charge >= 0.3 is 0 Å². The van der Waals surface area contributed by atoms with E-state index in [1.165, 1.54) is 11.3 Å². The van der Waals surface area contributed by atoms with E-state index in [0.717, 1.165) is 41.7 Å². The molecule has 32 heavy (non-hydrogen) atoms. The van der Waals surface area contributed by atoms with Gasteiger partial charge in [-0.2, -0.15) is 0 Å². The van der Waals surface area contributed by atoms with Crippen LogP contribution in [0.1, 0.15) is 63.6 Å². The number of fused-ring (bicyclic) bond motifs is 1. The fourth-order valence-electron chi connectivity index (χ4n) is 4.58. The van der Waals surface area contributed by atoms with Gasteiger partial charge in [-0.15, -0.1) is 11.3 Å². The smallest absolute Gasteiger partial charge is 0.262 e. The average molecular weight is 454 g/mol. The second kappa shape index (κ2) is 8.44. The molecule has 0 radical (unpaired) electrons. The second-order valence-corrected chi connectivity index (χ2v) is 9.10. The summed E-state index contributed by atoms with van der Waals surface area (Å²) < 4.78 is 0. The first-order chi connectivity index (χ1) is 15.5. The lowest BCUT2D eigenvalue weighted by molar-refractivity contribution is -0.136. The predicted molar refractivity (Wildman–Crippen MR) is 117 cm³/mol. The van der Waals surface area contributed by atoms with E-state index in [2.05, 4.69) is 21.3 Å². The number of carbonyl (C=O) groups is 4. The lowest BCUT2D eigenvalue weighted by Crippen LogP contribution is -2.54. The Bertz CT molecular complexity index is 1110. The zero-order valence-corrected chi connectivity index (χ0v) is 18.2. The Morgan fingerprint density at radius 2 is 1.91 bits per heavy atom. The van der Waals surface area contributed by atoms with E-state index < -0.39 is 23.8 Å². The van der Waals surface area contributed by atoms with Crippen LogP contribution >= 0.6 is 11.3 Å². The molecule has 5 rings (SSSR count). The Hall–Kier alpha value is -3.11. The van der Waals surface area contributed by atoms with Crippen LogP contribution in [0, 0.1) is 0 Å². The third-order valence-corrected chi connectivity index (χ3v) is 7.08. The summed E-state index contributed by atoms with van der Waals surface area (Å²) in [6.07, 6.45) is 2.38. The minimum absolute atomic E-state index is 0.0989. The van der Waals surface area contributed by atoms with Gasteiger partial charge in [0, 0.05) is 24.3 Å². The number of anilines is 1. The Kier molecular flexibility index (Phi) is 5.48. The van der Waals surface area contributed by atoms with Crippen molar-refractivity contribution in [3.05, 3.63) is 46.0 Å². The molecule has 0 spiro atoms. The van der Waals surface area contributed by atoms with Crippen LogP contribution in [-0.4, -0.2) is 52.6 Å². The summed E-state index contributed by atoms with van der Waals surface area (Å²) in [5.74, 6) is -1.52. The van der Waals surface area contributed by atoms with Gasteiger partial charge in [-0.05, 0) is 44.0 Å². The zero-order valence-electron chi connectivity index (χ0n) is 17.3. The standard InChI is InChI=1S/C22H23N5O4S/c28-17-5-4-16(19(29)26-17)27-20(30)14-3-1-2-13(18(14)21(27)31)10-24-22-25-15(11-32-22)12-6-8-23-9-7-12/h1-3,11-12,16,23H,4-10H2,(H,24,25)(H,26,28,29). The number of hydrogen-bond donors (Lipinski definition) is 3. The molecule has 4 heterocycles. The largest absolute Gasteiger partial charge is 0.357 e. The third kappa shape index (κ3) is 3.69. The minimum atomic E-state index is -0.965. The lowest BCUT2D eigenvalue weighted by Gasteiger charge is -2.27. The Morgan fingerprint density at radius 1 is 1.09 bits per heavy atom. The molecular weight excluding hydrogens is 430 g/mol. The molecule has 2 saturated heterocycles. The summed E-state index contributed by atoms with van der Waals surface area (Å²) in [6, 6.07) is 4.17. The Morgan fingerprint density at radius 3 is 2.69 bits per heavy atom. The maximum atomic E-state index is 13.2. The first kappa shape index (κ1) is 20.8. The van der Waals surface area contributed by atoms with Crippen molar-refractivity contribution in [3.63, 3.8) is 0 Å². The van der Waals surface area contributed by atoms with Crippen molar-refractivity contribution in [1.82, 2.24) is 20.5 Å². The molecule has 3 aliphatic heterocycles. The molecule has 0 bridgehead atoms. The fraction of sp³-hybridized carbons (Fsp3) is 0.409. The average Bonchev–Trinajstić information content (AvgIpc) is 3.37. The number of nitrogens with one attached hydrogen (secondary N) is 3. The highest BCUT2D eigenvalue weighted by molar-refractivity contribution is 7.13. The molecule has 9 nitrogen and oxygen atoms in total. The molecule has 2 aromatic rings. The number of piperidine rings is 2. The molecule has 166 valence electrons. The monoisotopic (exact) mass is 453 g/mol. The highest BCUT2D eigenvalue weighted by Crippen LogP contribution is 2.31. The predicted octanol–water partition coefficient (Wildman–Crippen LogP) is 1.62. The van der Waals surface area contributed by atoms with E-state index >= 15 is 0 Å². The van der Waals surface area contributed by atoms with Gasteiger partial charge in [0.25, 0.3) is 11.8 Å². The van der Waals surface area contributed by atoms with Crippen LogP contribution in [0.2, 0.25) is 0 Å². The molecule has 3 N–H and O–H groups in total. The fourth-order valence-corrected chi connectivity index (χ4v) is 5.37. The number of benzene rings is 1. The SMILES string of the molecule is O=C1CCC(N2C(=O)c3cccc(CNc4nc(C5CCNCC5)cs4)c3C2=O)C(=O)N1. The minimum Gasteiger partial charge on any atom is -0.357 e.